The molecule has 4 rings (SSSR count). The predicted octanol–water partition coefficient (Wildman–Crippen LogP) is 6.00. The molecule has 1 aromatic heterocycles. The van der Waals surface area contributed by atoms with Crippen molar-refractivity contribution in [2.45, 2.75) is 77.2 Å². The number of imidazole rings is 1. The van der Waals surface area contributed by atoms with Crippen LogP contribution in [0, 0.1) is 0 Å². The highest BCUT2D eigenvalue weighted by molar-refractivity contribution is 7.80. The van der Waals surface area contributed by atoms with Gasteiger partial charge in [0.05, 0.1) is 0 Å². The van der Waals surface area contributed by atoms with Gasteiger partial charge in [-0.05, 0) is 74.2 Å². The van der Waals surface area contributed by atoms with Crippen LogP contribution in [0.1, 0.15) is 87.6 Å². The van der Waals surface area contributed by atoms with Crippen LogP contribution < -0.4 is 5.32 Å². The van der Waals surface area contributed by atoms with E-state index in [2.05, 4.69) is 65.2 Å². The first kappa shape index (κ1) is 23.0. The normalized spacial score (nSPS) is 17.5. The molecule has 1 aromatic carbocycles. The average molecular weight is 451 g/mol. The summed E-state index contributed by atoms with van der Waals surface area (Å²) < 4.78 is 2.33. The molecule has 1 saturated heterocycles. The van der Waals surface area contributed by atoms with Crippen molar-refractivity contribution in [3.8, 4) is 0 Å². The molecule has 0 unspecified atom stereocenters. The van der Waals surface area contributed by atoms with E-state index in [0.29, 0.717) is 11.8 Å². The number of hydrogen-bond acceptors (Lipinski definition) is 2. The second-order valence-corrected chi connectivity index (χ2v) is 10.0. The van der Waals surface area contributed by atoms with Gasteiger partial charge < -0.3 is 14.8 Å². The molecule has 0 saturated carbocycles. The van der Waals surface area contributed by atoms with Crippen molar-refractivity contribution in [2.75, 3.05) is 19.6 Å². The van der Waals surface area contributed by atoms with Crippen LogP contribution in [0.2, 0.25) is 0 Å². The molecule has 1 N–H and O–H groups in total. The molecule has 0 radical (unpaired) electrons. The standard InChI is InChI=1S/C27H38N4S/c1-21(2)24-10-8-23(9-11-24)20-31-19-16-28-26(31)25-13-17-30(18-14-25)27(32)29-15-12-22-6-4-3-5-7-22/h6,8-11,16,19,21,25H,3-5,7,12-15,17-18,20H2,1-2H3,(H,29,32). The van der Waals surface area contributed by atoms with E-state index in [1.807, 2.05) is 6.20 Å². The molecule has 0 bridgehead atoms. The van der Waals surface area contributed by atoms with Gasteiger partial charge in [0.15, 0.2) is 5.11 Å². The highest BCUT2D eigenvalue weighted by Crippen LogP contribution is 2.28. The van der Waals surface area contributed by atoms with E-state index in [1.54, 1.807) is 5.57 Å². The van der Waals surface area contributed by atoms with Crippen LogP contribution in [0.15, 0.2) is 48.3 Å². The zero-order valence-electron chi connectivity index (χ0n) is 19.7. The first-order chi connectivity index (χ1) is 15.6. The smallest absolute Gasteiger partial charge is 0.168 e. The van der Waals surface area contributed by atoms with Crippen LogP contribution >= 0.6 is 12.2 Å². The Kier molecular flexibility index (Phi) is 8.01. The average Bonchev–Trinajstić information content (AvgIpc) is 3.28. The van der Waals surface area contributed by atoms with Gasteiger partial charge in [0.25, 0.3) is 0 Å². The molecule has 2 aliphatic rings. The fraction of sp³-hybridized carbons (Fsp3) is 0.556. The number of likely N-dealkylation sites (tertiary alicyclic amines) is 1. The lowest BCUT2D eigenvalue weighted by atomic mass is 9.96. The van der Waals surface area contributed by atoms with Crippen molar-refractivity contribution < 1.29 is 0 Å². The third-order valence-corrected chi connectivity index (χ3v) is 7.40. The summed E-state index contributed by atoms with van der Waals surface area (Å²) in [5.41, 5.74) is 4.34. The summed E-state index contributed by atoms with van der Waals surface area (Å²) in [5.74, 6) is 2.30. The van der Waals surface area contributed by atoms with Crippen molar-refractivity contribution >= 4 is 17.3 Å². The van der Waals surface area contributed by atoms with Crippen molar-refractivity contribution in [1.29, 1.82) is 0 Å². The highest BCUT2D eigenvalue weighted by Gasteiger charge is 2.25. The number of hydrogen-bond donors (Lipinski definition) is 1. The second kappa shape index (κ2) is 11.1. The Hall–Kier alpha value is -2.14. The van der Waals surface area contributed by atoms with Crippen LogP contribution in [0.4, 0.5) is 0 Å². The number of rotatable bonds is 7. The first-order valence-corrected chi connectivity index (χ1v) is 12.8. The minimum absolute atomic E-state index is 0.506. The van der Waals surface area contributed by atoms with Crippen LogP contribution in [0.3, 0.4) is 0 Å². The molecule has 2 aromatic rings. The Labute approximate surface area is 199 Å². The maximum atomic E-state index is 5.70. The number of benzene rings is 1. The predicted molar refractivity (Wildman–Crippen MR) is 137 cm³/mol. The summed E-state index contributed by atoms with van der Waals surface area (Å²) in [6.45, 7) is 8.36. The molecule has 1 aliphatic carbocycles. The molecule has 4 nitrogen and oxygen atoms in total. The molecule has 5 heteroatoms. The van der Waals surface area contributed by atoms with Gasteiger partial charge in [-0.15, -0.1) is 0 Å². The number of nitrogens with zero attached hydrogens (tertiary/aromatic N) is 3. The fourth-order valence-electron chi connectivity index (χ4n) is 4.93. The summed E-state index contributed by atoms with van der Waals surface area (Å²) in [7, 11) is 0. The zero-order chi connectivity index (χ0) is 22.3. The second-order valence-electron chi connectivity index (χ2n) is 9.66. The first-order valence-electron chi connectivity index (χ1n) is 12.4. The van der Waals surface area contributed by atoms with Crippen molar-refractivity contribution in [1.82, 2.24) is 19.8 Å². The largest absolute Gasteiger partial charge is 0.362 e. The van der Waals surface area contributed by atoms with Gasteiger partial charge >= 0.3 is 0 Å². The Morgan fingerprint density at radius 2 is 1.94 bits per heavy atom. The third kappa shape index (κ3) is 6.00. The molecule has 0 atom stereocenters. The maximum Gasteiger partial charge on any atom is 0.168 e. The SMILES string of the molecule is CC(C)c1ccc(Cn2ccnc2C2CCN(C(=S)NCCC3=CCCCC3)CC2)cc1. The van der Waals surface area contributed by atoms with Gasteiger partial charge in [0.2, 0.25) is 0 Å². The number of aromatic nitrogens is 2. The highest BCUT2D eigenvalue weighted by atomic mass is 32.1. The molecular formula is C27H38N4S. The van der Waals surface area contributed by atoms with Gasteiger partial charge in [0, 0.05) is 44.5 Å². The fourth-order valence-corrected chi connectivity index (χ4v) is 5.22. The lowest BCUT2D eigenvalue weighted by Crippen LogP contribution is -2.44. The number of piperidine rings is 1. The van der Waals surface area contributed by atoms with Crippen molar-refractivity contribution in [3.63, 3.8) is 0 Å². The van der Waals surface area contributed by atoms with Crippen molar-refractivity contribution in [3.05, 3.63) is 65.3 Å². The number of nitrogens with one attached hydrogen (secondary N) is 1. The van der Waals surface area contributed by atoms with Crippen molar-refractivity contribution in [2.24, 2.45) is 0 Å². The number of thiocarbonyl (C=S) groups is 1. The third-order valence-electron chi connectivity index (χ3n) is 7.00. The zero-order valence-corrected chi connectivity index (χ0v) is 20.5. The molecule has 2 heterocycles. The van der Waals surface area contributed by atoms with E-state index in [1.165, 1.54) is 42.6 Å². The lowest BCUT2D eigenvalue weighted by molar-refractivity contribution is 0.300. The summed E-state index contributed by atoms with van der Waals surface area (Å²) in [5, 5.41) is 4.43. The van der Waals surface area contributed by atoms with E-state index in [-0.39, 0.29) is 0 Å². The molecule has 172 valence electrons. The van der Waals surface area contributed by atoms with E-state index in [4.69, 9.17) is 17.2 Å². The molecular weight excluding hydrogens is 412 g/mol. The Morgan fingerprint density at radius 1 is 1.16 bits per heavy atom. The molecule has 1 aliphatic heterocycles. The van der Waals surface area contributed by atoms with Crippen LogP contribution in [0.25, 0.3) is 0 Å². The number of allylic oxidation sites excluding steroid dienone is 1. The van der Waals surface area contributed by atoms with Gasteiger partial charge in [-0.3, -0.25) is 0 Å². The maximum absolute atomic E-state index is 5.70. The van der Waals surface area contributed by atoms with E-state index in [0.717, 1.165) is 50.6 Å². The summed E-state index contributed by atoms with van der Waals surface area (Å²) in [6, 6.07) is 9.03. The lowest BCUT2D eigenvalue weighted by Gasteiger charge is -2.34. The van der Waals surface area contributed by atoms with Gasteiger partial charge in [0.1, 0.15) is 5.82 Å². The quantitative estimate of drug-likeness (QED) is 0.414. The minimum atomic E-state index is 0.506. The van der Waals surface area contributed by atoms with Crippen LogP contribution in [-0.4, -0.2) is 39.2 Å². The summed E-state index contributed by atoms with van der Waals surface area (Å²) in [6.07, 6.45) is 15.1. The van der Waals surface area contributed by atoms with Gasteiger partial charge in [-0.2, -0.15) is 0 Å². The van der Waals surface area contributed by atoms with Gasteiger partial charge in [-0.25, -0.2) is 4.98 Å². The van der Waals surface area contributed by atoms with E-state index >= 15 is 0 Å². The van der Waals surface area contributed by atoms with E-state index in [9.17, 15) is 0 Å². The van der Waals surface area contributed by atoms with Gasteiger partial charge in [-0.1, -0.05) is 49.8 Å². The monoisotopic (exact) mass is 450 g/mol. The Bertz CT molecular complexity index is 904. The van der Waals surface area contributed by atoms with E-state index < -0.39 is 0 Å². The topological polar surface area (TPSA) is 33.1 Å². The van der Waals surface area contributed by atoms with Crippen LogP contribution in [0.5, 0.6) is 0 Å². The summed E-state index contributed by atoms with van der Waals surface area (Å²) >= 11 is 5.70. The Balaban J connectivity index is 1.26. The van der Waals surface area contributed by atoms with Crippen LogP contribution in [-0.2, 0) is 6.54 Å². The molecule has 32 heavy (non-hydrogen) atoms. The summed E-state index contributed by atoms with van der Waals surface area (Å²) in [4.78, 5) is 7.09. The molecule has 1 fully saturated rings. The minimum Gasteiger partial charge on any atom is -0.362 e. The molecule has 0 spiro atoms. The molecule has 0 amide bonds. The Morgan fingerprint density at radius 3 is 2.62 bits per heavy atom.